The summed E-state index contributed by atoms with van der Waals surface area (Å²) in [5, 5.41) is 0. The zero-order valence-corrected chi connectivity index (χ0v) is 14.4. The Bertz CT molecular complexity index is 771. The second-order valence-corrected chi connectivity index (χ2v) is 6.30. The van der Waals surface area contributed by atoms with Gasteiger partial charge in [0.25, 0.3) is 0 Å². The number of amides is 2. The maximum atomic E-state index is 13.1. The van der Waals surface area contributed by atoms with E-state index in [2.05, 4.69) is 0 Å². The maximum Gasteiger partial charge on any atom is 0.232 e. The molecule has 0 saturated carbocycles. The summed E-state index contributed by atoms with van der Waals surface area (Å²) in [7, 11) is 0. The predicted octanol–water partition coefficient (Wildman–Crippen LogP) is 3.54. The van der Waals surface area contributed by atoms with Crippen LogP contribution in [0.25, 0.3) is 0 Å². The van der Waals surface area contributed by atoms with Gasteiger partial charge in [0.15, 0.2) is 0 Å². The van der Waals surface area contributed by atoms with Crippen molar-refractivity contribution >= 4 is 23.2 Å². The van der Waals surface area contributed by atoms with Crippen molar-refractivity contribution in [1.82, 2.24) is 0 Å². The molecule has 1 atom stereocenters. The highest BCUT2D eigenvalue weighted by atomic mass is 19.1. The van der Waals surface area contributed by atoms with Crippen LogP contribution in [0.5, 0.6) is 0 Å². The third-order valence-corrected chi connectivity index (χ3v) is 4.54. The molecule has 2 aromatic carbocycles. The quantitative estimate of drug-likeness (QED) is 0.854. The van der Waals surface area contributed by atoms with E-state index in [1.165, 1.54) is 12.1 Å². The minimum absolute atomic E-state index is 0.0441. The van der Waals surface area contributed by atoms with Crippen LogP contribution in [0.15, 0.2) is 48.5 Å². The van der Waals surface area contributed by atoms with Crippen LogP contribution in [-0.2, 0) is 9.59 Å². The highest BCUT2D eigenvalue weighted by Gasteiger charge is 2.37. The van der Waals surface area contributed by atoms with Crippen LogP contribution in [0.4, 0.5) is 15.8 Å². The van der Waals surface area contributed by atoms with Crippen LogP contribution in [-0.4, -0.2) is 24.9 Å². The molecule has 0 radical (unpaired) electrons. The molecular formula is C20H21FN2O2. The van der Waals surface area contributed by atoms with E-state index in [1.54, 1.807) is 21.9 Å². The summed E-state index contributed by atoms with van der Waals surface area (Å²) in [6.45, 7) is 4.71. The van der Waals surface area contributed by atoms with E-state index in [9.17, 15) is 14.0 Å². The van der Waals surface area contributed by atoms with Crippen LogP contribution >= 0.6 is 0 Å². The molecular weight excluding hydrogens is 319 g/mol. The lowest BCUT2D eigenvalue weighted by Gasteiger charge is -2.24. The van der Waals surface area contributed by atoms with Crippen LogP contribution in [0.2, 0.25) is 0 Å². The Hall–Kier alpha value is -2.69. The van der Waals surface area contributed by atoms with Gasteiger partial charge in [-0.25, -0.2) is 4.39 Å². The molecule has 1 aliphatic rings. The molecule has 25 heavy (non-hydrogen) atoms. The zero-order chi connectivity index (χ0) is 18.0. The Morgan fingerprint density at radius 1 is 1.16 bits per heavy atom. The Morgan fingerprint density at radius 2 is 1.80 bits per heavy atom. The van der Waals surface area contributed by atoms with Gasteiger partial charge in [-0.3, -0.25) is 9.59 Å². The van der Waals surface area contributed by atoms with E-state index in [1.807, 2.05) is 38.1 Å². The molecule has 2 aromatic rings. The summed E-state index contributed by atoms with van der Waals surface area (Å²) >= 11 is 0. The molecule has 1 aliphatic heterocycles. The minimum atomic E-state index is -0.390. The van der Waals surface area contributed by atoms with Crippen molar-refractivity contribution < 1.29 is 14.0 Å². The lowest BCUT2D eigenvalue weighted by molar-refractivity contribution is -0.124. The van der Waals surface area contributed by atoms with Crippen molar-refractivity contribution in [3.05, 3.63) is 59.9 Å². The molecule has 1 saturated heterocycles. The predicted molar refractivity (Wildman–Crippen MR) is 96.1 cm³/mol. The standard InChI is InChI=1S/C20H21FN2O2/c1-3-22(17-10-6-16(21)7-11-17)20(25)15-12-19(24)23(13-15)18-8-4-14(2)5-9-18/h4-11,15H,3,12-13H2,1-2H3. The summed E-state index contributed by atoms with van der Waals surface area (Å²) in [5.74, 6) is -0.873. The van der Waals surface area contributed by atoms with Gasteiger partial charge in [0.2, 0.25) is 11.8 Å². The number of hydrogen-bond donors (Lipinski definition) is 0. The maximum absolute atomic E-state index is 13.1. The Morgan fingerprint density at radius 3 is 2.40 bits per heavy atom. The fourth-order valence-electron chi connectivity index (χ4n) is 3.15. The molecule has 5 heteroatoms. The first-order valence-corrected chi connectivity index (χ1v) is 8.43. The van der Waals surface area contributed by atoms with E-state index in [0.29, 0.717) is 18.8 Å². The Balaban J connectivity index is 1.77. The van der Waals surface area contributed by atoms with Crippen molar-refractivity contribution in [3.63, 3.8) is 0 Å². The summed E-state index contributed by atoms with van der Waals surface area (Å²) in [6, 6.07) is 13.6. The molecule has 0 bridgehead atoms. The monoisotopic (exact) mass is 340 g/mol. The SMILES string of the molecule is CCN(C(=O)C1CC(=O)N(c2ccc(C)cc2)C1)c1ccc(F)cc1. The van der Waals surface area contributed by atoms with Crippen LogP contribution < -0.4 is 9.80 Å². The number of rotatable bonds is 4. The van der Waals surface area contributed by atoms with E-state index in [4.69, 9.17) is 0 Å². The first-order valence-electron chi connectivity index (χ1n) is 8.43. The van der Waals surface area contributed by atoms with E-state index >= 15 is 0 Å². The highest BCUT2D eigenvalue weighted by molar-refractivity contribution is 6.04. The fraction of sp³-hybridized carbons (Fsp3) is 0.300. The smallest absolute Gasteiger partial charge is 0.232 e. The van der Waals surface area contributed by atoms with Gasteiger partial charge in [0, 0.05) is 30.9 Å². The normalized spacial score (nSPS) is 17.0. The first kappa shape index (κ1) is 17.1. The number of halogens is 1. The second kappa shape index (κ2) is 7.05. The van der Waals surface area contributed by atoms with Gasteiger partial charge in [-0.1, -0.05) is 17.7 Å². The van der Waals surface area contributed by atoms with Gasteiger partial charge >= 0.3 is 0 Å². The molecule has 0 aromatic heterocycles. The molecule has 1 fully saturated rings. The van der Waals surface area contributed by atoms with Crippen LogP contribution in [0.1, 0.15) is 18.9 Å². The summed E-state index contributed by atoms with van der Waals surface area (Å²) < 4.78 is 13.1. The topological polar surface area (TPSA) is 40.6 Å². The van der Waals surface area contributed by atoms with E-state index < -0.39 is 0 Å². The van der Waals surface area contributed by atoms with Crippen molar-refractivity contribution in [2.24, 2.45) is 5.92 Å². The molecule has 0 aliphatic carbocycles. The third-order valence-electron chi connectivity index (χ3n) is 4.54. The van der Waals surface area contributed by atoms with Crippen molar-refractivity contribution in [2.45, 2.75) is 20.3 Å². The van der Waals surface area contributed by atoms with Gasteiger partial charge in [0.1, 0.15) is 5.82 Å². The van der Waals surface area contributed by atoms with Gasteiger partial charge in [0.05, 0.1) is 5.92 Å². The average molecular weight is 340 g/mol. The Labute approximate surface area is 146 Å². The van der Waals surface area contributed by atoms with Gasteiger partial charge in [-0.2, -0.15) is 0 Å². The van der Waals surface area contributed by atoms with Gasteiger partial charge in [-0.05, 0) is 50.2 Å². The minimum Gasteiger partial charge on any atom is -0.312 e. The number of carbonyl (C=O) groups excluding carboxylic acids is 2. The summed E-state index contributed by atoms with van der Waals surface area (Å²) in [5.41, 5.74) is 2.59. The number of anilines is 2. The molecule has 3 rings (SSSR count). The average Bonchev–Trinajstić information content (AvgIpc) is 2.99. The summed E-state index contributed by atoms with van der Waals surface area (Å²) in [4.78, 5) is 28.5. The second-order valence-electron chi connectivity index (χ2n) is 6.30. The molecule has 0 spiro atoms. The van der Waals surface area contributed by atoms with Gasteiger partial charge < -0.3 is 9.80 Å². The van der Waals surface area contributed by atoms with Crippen molar-refractivity contribution in [1.29, 1.82) is 0 Å². The van der Waals surface area contributed by atoms with Crippen molar-refractivity contribution in [2.75, 3.05) is 22.9 Å². The number of carbonyl (C=O) groups is 2. The lowest BCUT2D eigenvalue weighted by atomic mass is 10.1. The number of nitrogens with zero attached hydrogens (tertiary/aromatic N) is 2. The molecule has 1 heterocycles. The third kappa shape index (κ3) is 3.55. The zero-order valence-electron chi connectivity index (χ0n) is 14.4. The number of hydrogen-bond acceptors (Lipinski definition) is 2. The first-order chi connectivity index (χ1) is 12.0. The number of benzene rings is 2. The highest BCUT2D eigenvalue weighted by Crippen LogP contribution is 2.28. The van der Waals surface area contributed by atoms with E-state index in [-0.39, 0.29) is 30.0 Å². The van der Waals surface area contributed by atoms with Gasteiger partial charge in [-0.15, -0.1) is 0 Å². The molecule has 4 nitrogen and oxygen atoms in total. The molecule has 1 unspecified atom stereocenters. The fourth-order valence-corrected chi connectivity index (χ4v) is 3.15. The lowest BCUT2D eigenvalue weighted by Crippen LogP contribution is -2.37. The summed E-state index contributed by atoms with van der Waals surface area (Å²) in [6.07, 6.45) is 0.199. The molecule has 130 valence electrons. The number of aryl methyl sites for hydroxylation is 1. The molecule has 2 amide bonds. The van der Waals surface area contributed by atoms with Crippen LogP contribution in [0.3, 0.4) is 0 Å². The Kier molecular flexibility index (Phi) is 4.83. The van der Waals surface area contributed by atoms with Crippen molar-refractivity contribution in [3.8, 4) is 0 Å². The molecule has 0 N–H and O–H groups in total. The van der Waals surface area contributed by atoms with Crippen LogP contribution in [0, 0.1) is 18.7 Å². The largest absolute Gasteiger partial charge is 0.312 e. The van der Waals surface area contributed by atoms with E-state index in [0.717, 1.165) is 11.3 Å².